The monoisotopic (exact) mass is 324 g/mol. The second-order valence-corrected chi connectivity index (χ2v) is 5.85. The molecule has 0 bridgehead atoms. The Hall–Kier alpha value is -2.72. The topological polar surface area (TPSA) is 78.0 Å². The van der Waals surface area contributed by atoms with Crippen LogP contribution in [0.1, 0.15) is 11.3 Å². The predicted octanol–water partition coefficient (Wildman–Crippen LogP) is 0.641. The maximum Gasteiger partial charge on any atom is 0.266 e. The van der Waals surface area contributed by atoms with Gasteiger partial charge in [-0.3, -0.25) is 9.69 Å². The van der Waals surface area contributed by atoms with Crippen LogP contribution in [0.4, 0.5) is 5.82 Å². The summed E-state index contributed by atoms with van der Waals surface area (Å²) in [7, 11) is 0. The van der Waals surface area contributed by atoms with Gasteiger partial charge in [-0.15, -0.1) is 0 Å². The Morgan fingerprint density at radius 2 is 1.96 bits per heavy atom. The van der Waals surface area contributed by atoms with E-state index in [1.807, 2.05) is 6.92 Å². The van der Waals surface area contributed by atoms with Gasteiger partial charge in [0.25, 0.3) is 5.56 Å². The van der Waals surface area contributed by atoms with Gasteiger partial charge in [0, 0.05) is 45.0 Å². The highest BCUT2D eigenvalue weighted by Crippen LogP contribution is 2.17. The Bertz CT molecular complexity index is 801. The van der Waals surface area contributed by atoms with Crippen molar-refractivity contribution < 1.29 is 0 Å². The fraction of sp³-hybridized carbons (Fsp3) is 0.412. The van der Waals surface area contributed by atoms with E-state index in [4.69, 9.17) is 0 Å². The molecule has 2 aromatic heterocycles. The Kier molecular flexibility index (Phi) is 4.87. The number of hydrogen-bond acceptors (Lipinski definition) is 6. The Morgan fingerprint density at radius 3 is 2.71 bits per heavy atom. The summed E-state index contributed by atoms with van der Waals surface area (Å²) < 4.78 is 1.52. The van der Waals surface area contributed by atoms with E-state index >= 15 is 0 Å². The molecule has 1 saturated heterocycles. The first kappa shape index (κ1) is 16.1. The molecule has 1 aliphatic rings. The number of nitrogens with zero attached hydrogens (tertiary/aromatic N) is 6. The number of pyridine rings is 1. The van der Waals surface area contributed by atoms with Gasteiger partial charge in [-0.2, -0.15) is 10.4 Å². The van der Waals surface area contributed by atoms with Crippen molar-refractivity contribution in [2.75, 3.05) is 37.6 Å². The summed E-state index contributed by atoms with van der Waals surface area (Å²) in [5.41, 5.74) is 1.39. The van der Waals surface area contributed by atoms with Crippen molar-refractivity contribution in [1.29, 1.82) is 5.26 Å². The van der Waals surface area contributed by atoms with Crippen LogP contribution < -0.4 is 10.5 Å². The third-order valence-corrected chi connectivity index (χ3v) is 4.21. The number of piperazine rings is 1. The highest BCUT2D eigenvalue weighted by atomic mass is 16.1. The van der Waals surface area contributed by atoms with Crippen molar-refractivity contribution >= 4 is 5.82 Å². The molecule has 7 heteroatoms. The minimum absolute atomic E-state index is 0.0635. The van der Waals surface area contributed by atoms with Crippen LogP contribution in [0.15, 0.2) is 35.3 Å². The summed E-state index contributed by atoms with van der Waals surface area (Å²) in [4.78, 5) is 20.6. The van der Waals surface area contributed by atoms with Crippen LogP contribution in [0.3, 0.4) is 0 Å². The molecule has 0 aromatic carbocycles. The summed E-state index contributed by atoms with van der Waals surface area (Å²) in [6.45, 7) is 6.66. The molecule has 1 fully saturated rings. The molecular weight excluding hydrogens is 304 g/mol. The molecule has 0 amide bonds. The largest absolute Gasteiger partial charge is 0.353 e. The minimum Gasteiger partial charge on any atom is -0.353 e. The first-order valence-corrected chi connectivity index (χ1v) is 8.04. The molecule has 7 nitrogen and oxygen atoms in total. The van der Waals surface area contributed by atoms with Gasteiger partial charge >= 0.3 is 0 Å². The lowest BCUT2D eigenvalue weighted by molar-refractivity contribution is 0.242. The van der Waals surface area contributed by atoms with Crippen molar-refractivity contribution in [2.45, 2.75) is 13.5 Å². The van der Waals surface area contributed by atoms with E-state index in [9.17, 15) is 10.1 Å². The number of rotatable bonds is 4. The zero-order chi connectivity index (χ0) is 16.9. The first-order chi connectivity index (χ1) is 11.7. The molecule has 3 heterocycles. The molecule has 0 saturated carbocycles. The molecule has 0 N–H and O–H groups in total. The lowest BCUT2D eigenvalue weighted by Crippen LogP contribution is -2.48. The molecular formula is C17H20N6O. The Morgan fingerprint density at radius 1 is 1.17 bits per heavy atom. The number of anilines is 1. The molecule has 0 radical (unpaired) electrons. The highest BCUT2D eigenvalue weighted by molar-refractivity contribution is 5.53. The zero-order valence-electron chi connectivity index (χ0n) is 13.7. The van der Waals surface area contributed by atoms with Crippen molar-refractivity contribution in [3.8, 4) is 6.07 Å². The van der Waals surface area contributed by atoms with E-state index in [1.165, 1.54) is 4.68 Å². The van der Waals surface area contributed by atoms with Crippen LogP contribution in [0.2, 0.25) is 0 Å². The molecule has 0 spiro atoms. The summed E-state index contributed by atoms with van der Waals surface area (Å²) in [5, 5.41) is 13.5. The number of aromatic nitrogens is 3. The smallest absolute Gasteiger partial charge is 0.266 e. The molecule has 3 rings (SSSR count). The second-order valence-electron chi connectivity index (χ2n) is 5.85. The van der Waals surface area contributed by atoms with Crippen molar-refractivity contribution in [1.82, 2.24) is 19.7 Å². The lowest BCUT2D eigenvalue weighted by atomic mass is 10.2. The third kappa shape index (κ3) is 3.60. The Labute approximate surface area is 140 Å². The summed E-state index contributed by atoms with van der Waals surface area (Å²) in [6.07, 6.45) is 1.72. The minimum atomic E-state index is -0.0635. The van der Waals surface area contributed by atoms with Crippen LogP contribution >= 0.6 is 0 Å². The lowest BCUT2D eigenvalue weighted by Gasteiger charge is -2.35. The predicted molar refractivity (Wildman–Crippen MR) is 90.8 cm³/mol. The van der Waals surface area contributed by atoms with Gasteiger partial charge in [0.2, 0.25) is 0 Å². The fourth-order valence-corrected chi connectivity index (χ4v) is 2.87. The SMILES string of the molecule is Cc1ccc(=O)n(CCN2CCN(c3ncccc3C#N)CC2)n1. The van der Waals surface area contributed by atoms with E-state index in [-0.39, 0.29) is 5.56 Å². The van der Waals surface area contributed by atoms with Gasteiger partial charge in [-0.25, -0.2) is 9.67 Å². The summed E-state index contributed by atoms with van der Waals surface area (Å²) >= 11 is 0. The molecule has 0 aliphatic carbocycles. The molecule has 124 valence electrons. The van der Waals surface area contributed by atoms with Crippen LogP contribution in [0, 0.1) is 18.3 Å². The third-order valence-electron chi connectivity index (χ3n) is 4.21. The number of nitriles is 1. The van der Waals surface area contributed by atoms with Crippen LogP contribution in [-0.2, 0) is 6.54 Å². The standard InChI is InChI=1S/C17H20N6O/c1-14-4-5-16(24)23(20-14)12-9-21-7-10-22(11-8-21)17-15(13-18)3-2-6-19-17/h2-6H,7-12H2,1H3. The molecule has 24 heavy (non-hydrogen) atoms. The summed E-state index contributed by atoms with van der Waals surface area (Å²) in [6, 6.07) is 9.07. The van der Waals surface area contributed by atoms with E-state index in [0.717, 1.165) is 44.2 Å². The van der Waals surface area contributed by atoms with Gasteiger partial charge in [0.15, 0.2) is 0 Å². The molecule has 0 atom stereocenters. The molecule has 2 aromatic rings. The van der Waals surface area contributed by atoms with Crippen LogP contribution in [0.5, 0.6) is 0 Å². The van der Waals surface area contributed by atoms with E-state index < -0.39 is 0 Å². The maximum absolute atomic E-state index is 11.8. The van der Waals surface area contributed by atoms with E-state index in [0.29, 0.717) is 12.1 Å². The number of aryl methyl sites for hydroxylation is 1. The van der Waals surface area contributed by atoms with Crippen LogP contribution in [-0.4, -0.2) is 52.4 Å². The average Bonchev–Trinajstić information content (AvgIpc) is 2.63. The van der Waals surface area contributed by atoms with Gasteiger partial charge in [0.05, 0.1) is 17.8 Å². The summed E-state index contributed by atoms with van der Waals surface area (Å²) in [5.74, 6) is 0.760. The van der Waals surface area contributed by atoms with E-state index in [1.54, 1.807) is 30.5 Å². The number of hydrogen-bond donors (Lipinski definition) is 0. The molecule has 1 aliphatic heterocycles. The van der Waals surface area contributed by atoms with Crippen LogP contribution in [0.25, 0.3) is 0 Å². The van der Waals surface area contributed by atoms with Crippen molar-refractivity contribution in [3.05, 3.63) is 52.1 Å². The maximum atomic E-state index is 11.8. The second kappa shape index (κ2) is 7.23. The van der Waals surface area contributed by atoms with Gasteiger partial charge in [0.1, 0.15) is 11.9 Å². The zero-order valence-corrected chi connectivity index (χ0v) is 13.7. The fourth-order valence-electron chi connectivity index (χ4n) is 2.87. The van der Waals surface area contributed by atoms with E-state index in [2.05, 4.69) is 26.0 Å². The van der Waals surface area contributed by atoms with Gasteiger partial charge < -0.3 is 4.90 Å². The van der Waals surface area contributed by atoms with Crippen molar-refractivity contribution in [2.24, 2.45) is 0 Å². The Balaban J connectivity index is 1.57. The quantitative estimate of drug-likeness (QED) is 0.821. The normalized spacial score (nSPS) is 15.2. The van der Waals surface area contributed by atoms with Gasteiger partial charge in [-0.1, -0.05) is 0 Å². The van der Waals surface area contributed by atoms with Crippen molar-refractivity contribution in [3.63, 3.8) is 0 Å². The highest BCUT2D eigenvalue weighted by Gasteiger charge is 2.20. The first-order valence-electron chi connectivity index (χ1n) is 8.04. The van der Waals surface area contributed by atoms with Gasteiger partial charge in [-0.05, 0) is 25.1 Å². The molecule has 0 unspecified atom stereocenters. The average molecular weight is 324 g/mol.